The molecule has 2 heterocycles. The van der Waals surface area contributed by atoms with Crippen molar-refractivity contribution in [3.05, 3.63) is 119 Å². The monoisotopic (exact) mass is 421 g/mol. The van der Waals surface area contributed by atoms with Crippen LogP contribution in [-0.4, -0.2) is 15.5 Å². The van der Waals surface area contributed by atoms with E-state index in [2.05, 4.69) is 79.3 Å². The van der Waals surface area contributed by atoms with Crippen molar-refractivity contribution in [2.45, 2.75) is 33.4 Å². The fourth-order valence-corrected chi connectivity index (χ4v) is 4.57. The Balaban J connectivity index is 1.64. The quantitative estimate of drug-likeness (QED) is 0.392. The number of nitrogens with zero attached hydrogens (tertiary/aromatic N) is 2. The van der Waals surface area contributed by atoms with Crippen LogP contribution in [0.1, 0.15) is 39.6 Å². The number of urea groups is 1. The lowest BCUT2D eigenvalue weighted by molar-refractivity contribution is 0.194. The number of hydrogen-bond acceptors (Lipinski definition) is 1. The van der Waals surface area contributed by atoms with Gasteiger partial charge in [0, 0.05) is 17.6 Å². The van der Waals surface area contributed by atoms with E-state index in [9.17, 15) is 4.79 Å². The van der Waals surface area contributed by atoms with Gasteiger partial charge < -0.3 is 14.8 Å². The topological polar surface area (TPSA) is 37.3 Å². The lowest BCUT2D eigenvalue weighted by atomic mass is 9.97. The van der Waals surface area contributed by atoms with E-state index in [4.69, 9.17) is 0 Å². The minimum atomic E-state index is -0.204. The molecule has 0 fully saturated rings. The molecule has 0 saturated carbocycles. The minimum absolute atomic E-state index is 0.106. The number of nitrogens with one attached hydrogen (secondary N) is 1. The van der Waals surface area contributed by atoms with Gasteiger partial charge in [-0.05, 0) is 78.9 Å². The highest BCUT2D eigenvalue weighted by atomic mass is 16.2. The Morgan fingerprint density at radius 2 is 1.62 bits per heavy atom. The van der Waals surface area contributed by atoms with Gasteiger partial charge in [-0.2, -0.15) is 0 Å². The van der Waals surface area contributed by atoms with Gasteiger partial charge in [-0.3, -0.25) is 0 Å². The number of aryl methyl sites for hydroxylation is 3. The Morgan fingerprint density at radius 1 is 0.844 bits per heavy atom. The number of rotatable bonds is 2. The van der Waals surface area contributed by atoms with Crippen molar-refractivity contribution < 1.29 is 4.79 Å². The molecule has 32 heavy (non-hydrogen) atoms. The molecule has 2 amide bonds. The van der Waals surface area contributed by atoms with Crippen LogP contribution in [0.4, 0.5) is 10.5 Å². The van der Waals surface area contributed by atoms with E-state index in [0.717, 1.165) is 33.8 Å². The number of anilines is 1. The third-order valence-electron chi connectivity index (χ3n) is 6.47. The van der Waals surface area contributed by atoms with Crippen LogP contribution in [0.3, 0.4) is 0 Å². The van der Waals surface area contributed by atoms with Crippen LogP contribution in [0.2, 0.25) is 0 Å². The van der Waals surface area contributed by atoms with E-state index < -0.39 is 0 Å². The van der Waals surface area contributed by atoms with E-state index in [1.165, 1.54) is 11.1 Å². The van der Waals surface area contributed by atoms with Crippen LogP contribution in [0, 0.1) is 20.8 Å². The third kappa shape index (κ3) is 3.48. The van der Waals surface area contributed by atoms with Crippen LogP contribution >= 0.6 is 0 Å². The predicted molar refractivity (Wildman–Crippen MR) is 129 cm³/mol. The number of carbonyl (C=O) groups is 1. The molecule has 0 aliphatic carbocycles. The molecule has 0 radical (unpaired) electrons. The molecule has 1 aliphatic heterocycles. The third-order valence-corrected chi connectivity index (χ3v) is 6.47. The molecular formula is C28H27N3O. The molecule has 1 atom stereocenters. The van der Waals surface area contributed by atoms with Crippen LogP contribution in [0.5, 0.6) is 0 Å². The highest BCUT2D eigenvalue weighted by Crippen LogP contribution is 2.38. The maximum absolute atomic E-state index is 13.8. The normalized spacial score (nSPS) is 15.0. The summed E-state index contributed by atoms with van der Waals surface area (Å²) < 4.78 is 2.22. The summed E-state index contributed by atoms with van der Waals surface area (Å²) in [6.07, 6.45) is 2.09. The summed E-state index contributed by atoms with van der Waals surface area (Å²) in [5, 5.41) is 3.16. The van der Waals surface area contributed by atoms with Crippen LogP contribution in [-0.2, 0) is 6.54 Å². The summed E-state index contributed by atoms with van der Waals surface area (Å²) >= 11 is 0. The van der Waals surface area contributed by atoms with E-state index in [-0.39, 0.29) is 12.1 Å². The first-order valence-electron chi connectivity index (χ1n) is 11.0. The van der Waals surface area contributed by atoms with Gasteiger partial charge in [-0.25, -0.2) is 4.79 Å². The number of amides is 2. The molecule has 160 valence electrons. The molecule has 0 unspecified atom stereocenters. The van der Waals surface area contributed by atoms with Gasteiger partial charge >= 0.3 is 6.03 Å². The minimum Gasteiger partial charge on any atom is -0.318 e. The fraction of sp³-hybridized carbons (Fsp3) is 0.179. The lowest BCUT2D eigenvalue weighted by Crippen LogP contribution is -2.38. The van der Waals surface area contributed by atoms with E-state index in [1.54, 1.807) is 0 Å². The van der Waals surface area contributed by atoms with Crippen molar-refractivity contribution in [3.8, 4) is 5.69 Å². The second-order valence-corrected chi connectivity index (χ2v) is 8.55. The van der Waals surface area contributed by atoms with Crippen LogP contribution in [0.15, 0.2) is 85.1 Å². The number of para-hydroxylation sites is 1. The second kappa shape index (κ2) is 8.04. The highest BCUT2D eigenvalue weighted by molar-refractivity contribution is 5.90. The van der Waals surface area contributed by atoms with Crippen molar-refractivity contribution in [2.75, 3.05) is 5.32 Å². The Kier molecular flexibility index (Phi) is 5.06. The lowest BCUT2D eigenvalue weighted by Gasteiger charge is -2.32. The van der Waals surface area contributed by atoms with Crippen molar-refractivity contribution in [1.82, 2.24) is 9.47 Å². The second-order valence-electron chi connectivity index (χ2n) is 8.55. The summed E-state index contributed by atoms with van der Waals surface area (Å²) in [5.74, 6) is 0. The number of benzene rings is 3. The molecule has 0 bridgehead atoms. The Bertz CT molecular complexity index is 1300. The zero-order valence-electron chi connectivity index (χ0n) is 18.7. The Labute approximate surface area is 189 Å². The van der Waals surface area contributed by atoms with Gasteiger partial charge in [0.05, 0.1) is 12.2 Å². The Hall–Kier alpha value is -3.79. The largest absolute Gasteiger partial charge is 0.322 e. The number of hydrogen-bond donors (Lipinski definition) is 1. The first-order valence-corrected chi connectivity index (χ1v) is 11.0. The van der Waals surface area contributed by atoms with Gasteiger partial charge in [0.15, 0.2) is 0 Å². The number of carbonyl (C=O) groups excluding carboxylic acids is 1. The van der Waals surface area contributed by atoms with Gasteiger partial charge in [-0.15, -0.1) is 0 Å². The molecule has 5 rings (SSSR count). The van der Waals surface area contributed by atoms with E-state index >= 15 is 0 Å². The van der Waals surface area contributed by atoms with Gasteiger partial charge in [-0.1, -0.05) is 48.5 Å². The van der Waals surface area contributed by atoms with Gasteiger partial charge in [0.2, 0.25) is 0 Å². The summed E-state index contributed by atoms with van der Waals surface area (Å²) in [7, 11) is 0. The zero-order valence-corrected chi connectivity index (χ0v) is 18.7. The van der Waals surface area contributed by atoms with Crippen molar-refractivity contribution in [3.63, 3.8) is 0 Å². The molecule has 0 saturated heterocycles. The standard InChI is InChI=1S/C28H27N3O/c1-19-14-15-23(17-21(19)3)29-28(32)31-18-22-10-5-7-12-25(22)30-16-8-13-26(30)27(31)24-11-6-4-9-20(24)2/h4-17,27H,18H2,1-3H3,(H,29,32)/t27-/m1/s1. The van der Waals surface area contributed by atoms with Crippen molar-refractivity contribution in [2.24, 2.45) is 0 Å². The number of fused-ring (bicyclic) bond motifs is 3. The zero-order chi connectivity index (χ0) is 22.2. The summed E-state index contributed by atoms with van der Waals surface area (Å²) in [5.41, 5.74) is 8.81. The van der Waals surface area contributed by atoms with Gasteiger partial charge in [0.1, 0.15) is 6.04 Å². The Morgan fingerprint density at radius 3 is 2.44 bits per heavy atom. The van der Waals surface area contributed by atoms with Crippen molar-refractivity contribution >= 4 is 11.7 Å². The first-order chi connectivity index (χ1) is 15.5. The van der Waals surface area contributed by atoms with Gasteiger partial charge in [0.25, 0.3) is 0 Å². The van der Waals surface area contributed by atoms with Crippen LogP contribution < -0.4 is 5.32 Å². The summed E-state index contributed by atoms with van der Waals surface area (Å²) in [6, 6.07) is 26.6. The molecule has 1 aliphatic rings. The molecule has 1 aromatic heterocycles. The maximum Gasteiger partial charge on any atom is 0.322 e. The predicted octanol–water partition coefficient (Wildman–Crippen LogP) is 6.54. The molecule has 1 N–H and O–H groups in total. The molecule has 4 aromatic rings. The van der Waals surface area contributed by atoms with Crippen LogP contribution in [0.25, 0.3) is 5.69 Å². The molecule has 3 aromatic carbocycles. The average molecular weight is 422 g/mol. The molecular weight excluding hydrogens is 394 g/mol. The number of aromatic nitrogens is 1. The summed E-state index contributed by atoms with van der Waals surface area (Å²) in [4.78, 5) is 15.7. The SMILES string of the molecule is Cc1ccc(NC(=O)N2Cc3ccccc3-n3cccc3[C@H]2c2ccccc2C)cc1C. The average Bonchev–Trinajstić information content (AvgIpc) is 3.21. The van der Waals surface area contributed by atoms with E-state index in [1.807, 2.05) is 41.3 Å². The molecule has 0 spiro atoms. The van der Waals surface area contributed by atoms with Crippen molar-refractivity contribution in [1.29, 1.82) is 0 Å². The maximum atomic E-state index is 13.8. The molecule has 4 nitrogen and oxygen atoms in total. The summed E-state index contributed by atoms with van der Waals surface area (Å²) in [6.45, 7) is 6.78. The fourth-order valence-electron chi connectivity index (χ4n) is 4.57. The van der Waals surface area contributed by atoms with E-state index in [0.29, 0.717) is 6.54 Å². The first kappa shape index (κ1) is 20.1. The smallest absolute Gasteiger partial charge is 0.318 e. The molecule has 4 heteroatoms. The highest BCUT2D eigenvalue weighted by Gasteiger charge is 2.33.